The van der Waals surface area contributed by atoms with Gasteiger partial charge in [0.15, 0.2) is 0 Å². The molecule has 2 aromatic rings. The van der Waals surface area contributed by atoms with Crippen LogP contribution >= 0.6 is 0 Å². The molecule has 0 fully saturated rings. The Labute approximate surface area is 89.9 Å². The lowest BCUT2D eigenvalue weighted by Crippen LogP contribution is -2.18. The van der Waals surface area contributed by atoms with Gasteiger partial charge < -0.3 is 5.32 Å². The van der Waals surface area contributed by atoms with Gasteiger partial charge in [0.05, 0.1) is 6.20 Å². The van der Waals surface area contributed by atoms with E-state index in [0.717, 1.165) is 5.56 Å². The van der Waals surface area contributed by atoms with Crippen molar-refractivity contribution >= 4 is 11.7 Å². The molecule has 0 aromatic carbocycles. The Morgan fingerprint density at radius 3 is 2.75 bits per heavy atom. The van der Waals surface area contributed by atoms with Crippen LogP contribution in [0, 0.1) is 6.92 Å². The van der Waals surface area contributed by atoms with E-state index in [0.29, 0.717) is 5.82 Å². The van der Waals surface area contributed by atoms with Crippen LogP contribution in [0.2, 0.25) is 0 Å². The molecule has 7 heteroatoms. The number of aryl methyl sites for hydroxylation is 1. The summed E-state index contributed by atoms with van der Waals surface area (Å²) in [5.41, 5.74) is 0.598. The molecule has 0 aliphatic heterocycles. The third-order valence-electron chi connectivity index (χ3n) is 1.98. The quantitative estimate of drug-likeness (QED) is 0.664. The van der Waals surface area contributed by atoms with Crippen LogP contribution in [0.1, 0.15) is 16.1 Å². The first kappa shape index (κ1) is 10.1. The highest BCUT2D eigenvalue weighted by Crippen LogP contribution is 2.09. The zero-order valence-corrected chi connectivity index (χ0v) is 8.44. The summed E-state index contributed by atoms with van der Waals surface area (Å²) in [5, 5.41) is 14.8. The van der Waals surface area contributed by atoms with Gasteiger partial charge in [0.25, 0.3) is 11.5 Å². The van der Waals surface area contributed by atoms with Gasteiger partial charge in [0.1, 0.15) is 11.5 Å². The van der Waals surface area contributed by atoms with Gasteiger partial charge in [0.2, 0.25) is 0 Å². The van der Waals surface area contributed by atoms with Crippen LogP contribution in [-0.4, -0.2) is 26.3 Å². The number of H-pyrrole nitrogens is 2. The highest BCUT2D eigenvalue weighted by atomic mass is 16.2. The number of carbonyl (C=O) groups excluding carboxylic acids is 1. The Bertz CT molecular complexity index is 551. The summed E-state index contributed by atoms with van der Waals surface area (Å²) in [6.07, 6.45) is 1.59. The maximum absolute atomic E-state index is 11.6. The summed E-state index contributed by atoms with van der Waals surface area (Å²) in [6, 6.07) is 2.58. The number of nitrogens with zero attached hydrogens (tertiary/aromatic N) is 2. The van der Waals surface area contributed by atoms with Crippen molar-refractivity contribution in [1.82, 2.24) is 20.4 Å². The van der Waals surface area contributed by atoms with E-state index in [4.69, 9.17) is 0 Å². The van der Waals surface area contributed by atoms with Gasteiger partial charge in [0, 0.05) is 11.6 Å². The zero-order valence-electron chi connectivity index (χ0n) is 8.44. The zero-order chi connectivity index (χ0) is 11.5. The summed E-state index contributed by atoms with van der Waals surface area (Å²) in [7, 11) is 0. The van der Waals surface area contributed by atoms with Crippen molar-refractivity contribution in [1.29, 1.82) is 0 Å². The van der Waals surface area contributed by atoms with E-state index in [1.54, 1.807) is 13.1 Å². The lowest BCUT2D eigenvalue weighted by molar-refractivity contribution is 0.102. The van der Waals surface area contributed by atoms with E-state index in [1.165, 1.54) is 12.1 Å². The molecule has 0 unspecified atom stereocenters. The molecule has 0 spiro atoms. The molecule has 16 heavy (non-hydrogen) atoms. The van der Waals surface area contributed by atoms with E-state index < -0.39 is 5.91 Å². The van der Waals surface area contributed by atoms with Crippen molar-refractivity contribution in [2.24, 2.45) is 0 Å². The van der Waals surface area contributed by atoms with Crippen LogP contribution in [0.5, 0.6) is 0 Å². The molecule has 0 saturated carbocycles. The normalized spacial score (nSPS) is 10.1. The fourth-order valence-electron chi connectivity index (χ4n) is 1.12. The van der Waals surface area contributed by atoms with E-state index >= 15 is 0 Å². The number of hydrogen-bond donors (Lipinski definition) is 3. The number of amides is 1. The number of anilines is 1. The van der Waals surface area contributed by atoms with Crippen molar-refractivity contribution in [3.8, 4) is 0 Å². The standard InChI is InChI=1S/C9H9N5O2/c1-5-4-10-14-8(5)11-9(16)6-2-3-7(15)13-12-6/h2-4H,1H3,(H,13,15)(H2,10,11,14,16). The van der Waals surface area contributed by atoms with Gasteiger partial charge in [-0.25, -0.2) is 5.10 Å². The predicted octanol–water partition coefficient (Wildman–Crippen LogP) is 0.0537. The largest absolute Gasteiger partial charge is 0.305 e. The Kier molecular flexibility index (Phi) is 2.50. The number of aromatic nitrogens is 4. The Hall–Kier alpha value is -2.44. The molecule has 3 N–H and O–H groups in total. The minimum atomic E-state index is -0.413. The molecule has 2 aromatic heterocycles. The van der Waals surface area contributed by atoms with Gasteiger partial charge in [-0.1, -0.05) is 0 Å². The van der Waals surface area contributed by atoms with Crippen LogP contribution in [0.25, 0.3) is 0 Å². The first-order valence-electron chi connectivity index (χ1n) is 4.54. The SMILES string of the molecule is Cc1cn[nH]c1NC(=O)c1ccc(=O)[nH]n1. The van der Waals surface area contributed by atoms with Crippen molar-refractivity contribution in [3.63, 3.8) is 0 Å². The van der Waals surface area contributed by atoms with E-state index in [9.17, 15) is 9.59 Å². The average molecular weight is 219 g/mol. The number of rotatable bonds is 2. The molecule has 0 bridgehead atoms. The van der Waals surface area contributed by atoms with Gasteiger partial charge in [-0.15, -0.1) is 0 Å². The Balaban J connectivity index is 2.18. The molecule has 1 amide bonds. The van der Waals surface area contributed by atoms with Crippen molar-refractivity contribution in [3.05, 3.63) is 39.9 Å². The number of aromatic amines is 2. The molecule has 0 aliphatic carbocycles. The van der Waals surface area contributed by atoms with Crippen molar-refractivity contribution in [2.45, 2.75) is 6.92 Å². The monoisotopic (exact) mass is 219 g/mol. The van der Waals surface area contributed by atoms with Crippen LogP contribution in [0.4, 0.5) is 5.82 Å². The van der Waals surface area contributed by atoms with E-state index in [-0.39, 0.29) is 11.3 Å². The fraction of sp³-hybridized carbons (Fsp3) is 0.111. The minimum Gasteiger partial charge on any atom is -0.305 e. The molecule has 0 atom stereocenters. The molecule has 82 valence electrons. The number of nitrogens with one attached hydrogen (secondary N) is 3. The average Bonchev–Trinajstić information content (AvgIpc) is 2.65. The molecule has 7 nitrogen and oxygen atoms in total. The Morgan fingerprint density at radius 2 is 2.19 bits per heavy atom. The highest BCUT2D eigenvalue weighted by molar-refractivity contribution is 6.02. The minimum absolute atomic E-state index is 0.133. The summed E-state index contributed by atoms with van der Waals surface area (Å²) in [5.74, 6) is 0.0987. The summed E-state index contributed by atoms with van der Waals surface area (Å²) in [6.45, 7) is 1.80. The first-order chi connectivity index (χ1) is 7.66. The van der Waals surface area contributed by atoms with Crippen LogP contribution < -0.4 is 10.9 Å². The summed E-state index contributed by atoms with van der Waals surface area (Å²) >= 11 is 0. The molecule has 2 heterocycles. The van der Waals surface area contributed by atoms with Gasteiger partial charge in [-0.05, 0) is 13.0 Å². The third kappa shape index (κ3) is 1.97. The fourth-order valence-corrected chi connectivity index (χ4v) is 1.12. The van der Waals surface area contributed by atoms with Crippen LogP contribution in [-0.2, 0) is 0 Å². The molecule has 0 aliphatic rings. The lowest BCUT2D eigenvalue weighted by Gasteiger charge is -2.01. The number of hydrogen-bond acceptors (Lipinski definition) is 4. The maximum Gasteiger partial charge on any atom is 0.277 e. The molecule has 0 saturated heterocycles. The van der Waals surface area contributed by atoms with E-state index in [2.05, 4.69) is 25.7 Å². The van der Waals surface area contributed by atoms with Crippen molar-refractivity contribution < 1.29 is 4.79 Å². The molecule has 2 rings (SSSR count). The van der Waals surface area contributed by atoms with Gasteiger partial charge in [-0.3, -0.25) is 14.7 Å². The topological polar surface area (TPSA) is 104 Å². The van der Waals surface area contributed by atoms with Crippen molar-refractivity contribution in [2.75, 3.05) is 5.32 Å². The third-order valence-corrected chi connectivity index (χ3v) is 1.98. The second kappa shape index (κ2) is 3.97. The second-order valence-electron chi connectivity index (χ2n) is 3.19. The van der Waals surface area contributed by atoms with Gasteiger partial charge >= 0.3 is 0 Å². The molecule has 0 radical (unpaired) electrons. The second-order valence-corrected chi connectivity index (χ2v) is 3.19. The Morgan fingerprint density at radius 1 is 1.38 bits per heavy atom. The van der Waals surface area contributed by atoms with Crippen LogP contribution in [0.15, 0.2) is 23.1 Å². The highest BCUT2D eigenvalue weighted by Gasteiger charge is 2.09. The van der Waals surface area contributed by atoms with E-state index in [1.807, 2.05) is 0 Å². The summed E-state index contributed by atoms with van der Waals surface area (Å²) < 4.78 is 0. The molecular formula is C9H9N5O2. The molecular weight excluding hydrogens is 210 g/mol. The smallest absolute Gasteiger partial charge is 0.277 e. The van der Waals surface area contributed by atoms with Gasteiger partial charge in [-0.2, -0.15) is 10.2 Å². The summed E-state index contributed by atoms with van der Waals surface area (Å²) in [4.78, 5) is 22.4. The number of carbonyl (C=O) groups is 1. The van der Waals surface area contributed by atoms with Crippen LogP contribution in [0.3, 0.4) is 0 Å². The predicted molar refractivity (Wildman–Crippen MR) is 56.1 cm³/mol. The first-order valence-corrected chi connectivity index (χ1v) is 4.54. The maximum atomic E-state index is 11.6. The lowest BCUT2D eigenvalue weighted by atomic mass is 10.3.